The second-order valence-electron chi connectivity index (χ2n) is 5.99. The molecule has 0 unspecified atom stereocenters. The summed E-state index contributed by atoms with van der Waals surface area (Å²) in [6.07, 6.45) is 9.09. The zero-order chi connectivity index (χ0) is 15.9. The van der Waals surface area contributed by atoms with Crippen LogP contribution in [0.4, 0.5) is 0 Å². The Bertz CT molecular complexity index is 1080. The van der Waals surface area contributed by atoms with Gasteiger partial charge in [-0.1, -0.05) is 42.5 Å². The maximum atomic E-state index is 4.88. The fraction of sp³-hybridized carbons (Fsp3) is 0.0476. The van der Waals surface area contributed by atoms with Crippen molar-refractivity contribution in [3.05, 3.63) is 96.1 Å². The second kappa shape index (κ2) is 5.17. The largest absolute Gasteiger partial charge is 0.306 e. The highest BCUT2D eigenvalue weighted by Gasteiger charge is 2.18. The van der Waals surface area contributed by atoms with Crippen LogP contribution < -0.4 is 0 Å². The Labute approximate surface area is 141 Å². The Hall–Kier alpha value is -3.20. The van der Waals surface area contributed by atoms with Crippen molar-refractivity contribution >= 4 is 11.2 Å². The van der Waals surface area contributed by atoms with Crippen molar-refractivity contribution < 1.29 is 1.43 Å². The van der Waals surface area contributed by atoms with Crippen LogP contribution in [0.15, 0.2) is 79.3 Å². The molecular weight excluding hydrogens is 294 g/mol. The highest BCUT2D eigenvalue weighted by molar-refractivity contribution is 5.84. The summed E-state index contributed by atoms with van der Waals surface area (Å²) >= 11 is 0. The zero-order valence-electron chi connectivity index (χ0n) is 13.1. The van der Waals surface area contributed by atoms with Gasteiger partial charge in [0.1, 0.15) is 5.65 Å². The number of benzene rings is 1. The molecule has 116 valence electrons. The lowest BCUT2D eigenvalue weighted by molar-refractivity contribution is 1.13. The first kappa shape index (κ1) is 13.3. The molecule has 0 saturated heterocycles. The Morgan fingerprint density at radius 1 is 0.917 bits per heavy atom. The maximum Gasteiger partial charge on any atom is 0.136 e. The fourth-order valence-corrected chi connectivity index (χ4v) is 3.33. The van der Waals surface area contributed by atoms with Gasteiger partial charge in [-0.05, 0) is 29.3 Å². The quantitative estimate of drug-likeness (QED) is 0.540. The van der Waals surface area contributed by atoms with Crippen LogP contribution in [0.5, 0.6) is 0 Å². The predicted molar refractivity (Wildman–Crippen MR) is 97.8 cm³/mol. The Kier molecular flexibility index (Phi) is 2.85. The summed E-state index contributed by atoms with van der Waals surface area (Å²) in [5, 5.41) is 0. The minimum absolute atomic E-state index is 0. The molecule has 3 heterocycles. The van der Waals surface area contributed by atoms with Gasteiger partial charge in [-0.15, -0.1) is 0 Å². The molecule has 0 radical (unpaired) electrons. The minimum atomic E-state index is 0. The third-order valence-corrected chi connectivity index (χ3v) is 4.53. The SMILES string of the molecule is C1=C(c2ccc3nccn3c2)c2ccc(-c3ccccc3)nc2C1.[HH]. The molecule has 0 bridgehead atoms. The van der Waals surface area contributed by atoms with Crippen LogP contribution in [0, 0.1) is 0 Å². The molecule has 3 heteroatoms. The van der Waals surface area contributed by atoms with Crippen LogP contribution in [0.25, 0.3) is 22.5 Å². The van der Waals surface area contributed by atoms with Gasteiger partial charge in [0.05, 0.1) is 11.4 Å². The molecule has 4 aromatic rings. The second-order valence-corrected chi connectivity index (χ2v) is 5.99. The molecule has 0 spiro atoms. The smallest absolute Gasteiger partial charge is 0.136 e. The van der Waals surface area contributed by atoms with Gasteiger partial charge in [-0.3, -0.25) is 4.98 Å². The van der Waals surface area contributed by atoms with Gasteiger partial charge < -0.3 is 4.40 Å². The molecule has 0 saturated carbocycles. The topological polar surface area (TPSA) is 30.2 Å². The number of nitrogens with zero attached hydrogens (tertiary/aromatic N) is 3. The molecular formula is C21H17N3. The lowest BCUT2D eigenvalue weighted by atomic mass is 10.0. The van der Waals surface area contributed by atoms with Gasteiger partial charge in [0.15, 0.2) is 0 Å². The molecule has 0 fully saturated rings. The number of hydrogen-bond donors (Lipinski definition) is 0. The van der Waals surface area contributed by atoms with Crippen molar-refractivity contribution in [2.24, 2.45) is 0 Å². The van der Waals surface area contributed by atoms with E-state index in [9.17, 15) is 0 Å². The van der Waals surface area contributed by atoms with E-state index in [0.717, 1.165) is 29.0 Å². The Morgan fingerprint density at radius 2 is 1.83 bits per heavy atom. The van der Waals surface area contributed by atoms with Gasteiger partial charge >= 0.3 is 0 Å². The first-order chi connectivity index (χ1) is 11.9. The van der Waals surface area contributed by atoms with E-state index in [0.29, 0.717) is 0 Å². The van der Waals surface area contributed by atoms with E-state index in [1.807, 2.05) is 30.6 Å². The van der Waals surface area contributed by atoms with Crippen LogP contribution in [0.1, 0.15) is 18.2 Å². The summed E-state index contributed by atoms with van der Waals surface area (Å²) in [6, 6.07) is 18.8. The van der Waals surface area contributed by atoms with E-state index in [4.69, 9.17) is 4.98 Å². The van der Waals surface area contributed by atoms with Crippen molar-refractivity contribution in [3.63, 3.8) is 0 Å². The molecule has 0 amide bonds. The van der Waals surface area contributed by atoms with Crippen molar-refractivity contribution in [2.75, 3.05) is 0 Å². The number of hydrogen-bond acceptors (Lipinski definition) is 2. The van der Waals surface area contributed by atoms with Crippen molar-refractivity contribution in [3.8, 4) is 11.3 Å². The molecule has 24 heavy (non-hydrogen) atoms. The summed E-state index contributed by atoms with van der Waals surface area (Å²) in [5.41, 5.74) is 8.00. The van der Waals surface area contributed by atoms with E-state index in [-0.39, 0.29) is 1.43 Å². The average Bonchev–Trinajstić information content (AvgIpc) is 3.27. The summed E-state index contributed by atoms with van der Waals surface area (Å²) in [4.78, 5) is 9.19. The van der Waals surface area contributed by atoms with Gasteiger partial charge in [-0.25, -0.2) is 4.98 Å². The predicted octanol–water partition coefficient (Wildman–Crippen LogP) is 4.63. The number of rotatable bonds is 2. The molecule has 1 aromatic carbocycles. The highest BCUT2D eigenvalue weighted by atomic mass is 15.0. The number of pyridine rings is 2. The van der Waals surface area contributed by atoms with Crippen LogP contribution in [0.2, 0.25) is 0 Å². The average molecular weight is 311 g/mol. The first-order valence-electron chi connectivity index (χ1n) is 8.07. The van der Waals surface area contributed by atoms with Crippen LogP contribution in [-0.4, -0.2) is 14.4 Å². The molecule has 0 atom stereocenters. The number of aromatic nitrogens is 3. The minimum Gasteiger partial charge on any atom is -0.306 e. The molecule has 1 aliphatic carbocycles. The Balaban J connectivity index is 0.00000157. The molecule has 3 nitrogen and oxygen atoms in total. The molecule has 5 rings (SSSR count). The lowest BCUT2D eigenvalue weighted by Crippen LogP contribution is -1.94. The highest BCUT2D eigenvalue weighted by Crippen LogP contribution is 2.33. The summed E-state index contributed by atoms with van der Waals surface area (Å²) < 4.78 is 2.06. The van der Waals surface area contributed by atoms with E-state index < -0.39 is 0 Å². The molecule has 3 aromatic heterocycles. The van der Waals surface area contributed by atoms with E-state index >= 15 is 0 Å². The van der Waals surface area contributed by atoms with Crippen molar-refractivity contribution in [1.29, 1.82) is 0 Å². The number of imidazole rings is 1. The number of fused-ring (bicyclic) bond motifs is 2. The standard InChI is InChI=1S/C21H15N3.H2/c1-2-4-15(5-3-1)19-9-8-18-17(7-10-20(18)23-19)16-6-11-21-22-12-13-24(21)14-16;/h1-9,11-14H,10H2;1H. The Morgan fingerprint density at radius 3 is 2.75 bits per heavy atom. The van der Waals surface area contributed by atoms with Gasteiger partial charge in [0, 0.05) is 37.6 Å². The summed E-state index contributed by atoms with van der Waals surface area (Å²) in [5.74, 6) is 0. The maximum absolute atomic E-state index is 4.88. The summed E-state index contributed by atoms with van der Waals surface area (Å²) in [6.45, 7) is 0. The number of allylic oxidation sites excluding steroid dienone is 1. The van der Waals surface area contributed by atoms with Crippen molar-refractivity contribution in [1.82, 2.24) is 14.4 Å². The third-order valence-electron chi connectivity index (χ3n) is 4.53. The third kappa shape index (κ3) is 2.06. The van der Waals surface area contributed by atoms with Crippen LogP contribution in [-0.2, 0) is 6.42 Å². The molecule has 0 N–H and O–H groups in total. The fourth-order valence-electron chi connectivity index (χ4n) is 3.33. The lowest BCUT2D eigenvalue weighted by Gasteiger charge is -2.08. The first-order valence-corrected chi connectivity index (χ1v) is 8.07. The van der Waals surface area contributed by atoms with Crippen molar-refractivity contribution in [2.45, 2.75) is 6.42 Å². The van der Waals surface area contributed by atoms with E-state index in [2.05, 4.69) is 58.1 Å². The molecule has 1 aliphatic rings. The van der Waals surface area contributed by atoms with Crippen LogP contribution >= 0.6 is 0 Å². The van der Waals surface area contributed by atoms with Crippen LogP contribution in [0.3, 0.4) is 0 Å². The van der Waals surface area contributed by atoms with E-state index in [1.165, 1.54) is 16.7 Å². The zero-order valence-corrected chi connectivity index (χ0v) is 13.1. The summed E-state index contributed by atoms with van der Waals surface area (Å²) in [7, 11) is 0. The molecule has 0 aliphatic heterocycles. The monoisotopic (exact) mass is 311 g/mol. The van der Waals surface area contributed by atoms with E-state index in [1.54, 1.807) is 0 Å². The van der Waals surface area contributed by atoms with Gasteiger partial charge in [0.25, 0.3) is 0 Å². The van der Waals surface area contributed by atoms with Gasteiger partial charge in [0.2, 0.25) is 0 Å². The normalized spacial score (nSPS) is 13.1. The van der Waals surface area contributed by atoms with Gasteiger partial charge in [-0.2, -0.15) is 0 Å².